The van der Waals surface area contributed by atoms with E-state index in [4.69, 9.17) is 4.74 Å². The minimum atomic E-state index is -2.29. The molecule has 0 spiro atoms. The van der Waals surface area contributed by atoms with Crippen molar-refractivity contribution in [3.8, 4) is 0 Å². The second-order valence-electron chi connectivity index (χ2n) is 10.7. The van der Waals surface area contributed by atoms with Crippen molar-refractivity contribution < 1.29 is 33.0 Å². The number of ether oxygens (including phenoxy) is 1. The minimum absolute atomic E-state index is 0.0245. The van der Waals surface area contributed by atoms with Crippen molar-refractivity contribution in [2.24, 2.45) is 28.6 Å². The molecule has 0 amide bonds. The zero-order valence-corrected chi connectivity index (χ0v) is 21.1. The molecule has 5 unspecified atom stereocenters. The first kappa shape index (κ1) is 24.7. The standard InChI is InChI=1S/C24H26F2N2O5S2/c1-11-6-13-14-8-16(25)15-7-12(29)4-5-21(15,2)23(14,26)18(30)9-22(13,3)24(11,20(32)34)33-19(31)17-10-27-35-28-17/h4-5,7,10-11,13-14,16,18,30H,6,8-9H2,1-3H3,(H,32,34)/t11?,13-,14-,16?,18?,21-,22-,23?,24?/m0/s1. The van der Waals surface area contributed by atoms with E-state index in [1.54, 1.807) is 13.8 Å². The smallest absolute Gasteiger partial charge is 0.360 e. The van der Waals surface area contributed by atoms with Crippen molar-refractivity contribution >= 4 is 41.2 Å². The molecule has 4 aliphatic carbocycles. The summed E-state index contributed by atoms with van der Waals surface area (Å²) in [5, 5.41) is 10.7. The Bertz CT molecular complexity index is 1170. The first-order valence-electron chi connectivity index (χ1n) is 11.5. The van der Waals surface area contributed by atoms with E-state index in [1.807, 2.05) is 0 Å². The van der Waals surface area contributed by atoms with Crippen LogP contribution in [0.2, 0.25) is 0 Å². The van der Waals surface area contributed by atoms with Gasteiger partial charge in [0.15, 0.2) is 22.7 Å². The fraction of sp³-hybridized carbons (Fsp3) is 0.625. The average Bonchev–Trinajstić information content (AvgIpc) is 3.39. The van der Waals surface area contributed by atoms with Crippen molar-refractivity contribution in [2.45, 2.75) is 63.6 Å². The topological polar surface area (TPSA) is 106 Å². The van der Waals surface area contributed by atoms with E-state index in [1.165, 1.54) is 25.3 Å². The highest BCUT2D eigenvalue weighted by Gasteiger charge is 2.78. The predicted octanol–water partition coefficient (Wildman–Crippen LogP) is 3.45. The molecule has 3 fully saturated rings. The van der Waals surface area contributed by atoms with Crippen LogP contribution in [0.25, 0.3) is 0 Å². The number of aromatic nitrogens is 2. The van der Waals surface area contributed by atoms with Crippen LogP contribution in [-0.4, -0.2) is 54.3 Å². The highest BCUT2D eigenvalue weighted by Crippen LogP contribution is 2.71. The van der Waals surface area contributed by atoms with E-state index in [0.29, 0.717) is 0 Å². The third-order valence-electron chi connectivity index (χ3n) is 9.31. The van der Waals surface area contributed by atoms with Crippen LogP contribution in [0.1, 0.15) is 50.5 Å². The Morgan fingerprint density at radius 3 is 2.63 bits per heavy atom. The Hall–Kier alpha value is -1.98. The summed E-state index contributed by atoms with van der Waals surface area (Å²) < 4.78 is 46.3. The van der Waals surface area contributed by atoms with Crippen molar-refractivity contribution in [2.75, 3.05) is 0 Å². The Morgan fingerprint density at radius 1 is 1.29 bits per heavy atom. The average molecular weight is 525 g/mol. The molecule has 9 atom stereocenters. The Balaban J connectivity index is 1.62. The summed E-state index contributed by atoms with van der Waals surface area (Å²) in [5.74, 6) is -3.47. The molecule has 7 nitrogen and oxygen atoms in total. The summed E-state index contributed by atoms with van der Waals surface area (Å²) in [5.41, 5.74) is -6.88. The summed E-state index contributed by atoms with van der Waals surface area (Å²) in [4.78, 5) is 38.0. The third-order valence-corrected chi connectivity index (χ3v) is 10.1. The molecule has 11 heteroatoms. The number of halogens is 2. The fourth-order valence-electron chi connectivity index (χ4n) is 7.69. The van der Waals surface area contributed by atoms with Crippen molar-refractivity contribution in [1.82, 2.24) is 8.75 Å². The van der Waals surface area contributed by atoms with Gasteiger partial charge in [0, 0.05) is 22.7 Å². The van der Waals surface area contributed by atoms with E-state index in [9.17, 15) is 19.5 Å². The van der Waals surface area contributed by atoms with E-state index >= 15 is 8.78 Å². The van der Waals surface area contributed by atoms with Gasteiger partial charge in [-0.1, -0.05) is 19.9 Å². The molecule has 5 rings (SSSR count). The van der Waals surface area contributed by atoms with Gasteiger partial charge in [-0.25, -0.2) is 13.6 Å². The van der Waals surface area contributed by atoms with Crippen molar-refractivity contribution in [1.29, 1.82) is 0 Å². The highest BCUT2D eigenvalue weighted by atomic mass is 32.1. The van der Waals surface area contributed by atoms with Gasteiger partial charge in [0.25, 0.3) is 0 Å². The summed E-state index contributed by atoms with van der Waals surface area (Å²) in [6.45, 7) is 4.92. The molecule has 0 saturated heterocycles. The summed E-state index contributed by atoms with van der Waals surface area (Å²) >= 11 is 4.92. The maximum absolute atomic E-state index is 17.3. The first-order valence-corrected chi connectivity index (χ1v) is 12.7. The second kappa shape index (κ2) is 7.76. The molecule has 0 aromatic carbocycles. The molecule has 1 aromatic heterocycles. The molecule has 0 bridgehead atoms. The van der Waals surface area contributed by atoms with Gasteiger partial charge in [0.1, 0.15) is 6.17 Å². The van der Waals surface area contributed by atoms with E-state index < -0.39 is 69.0 Å². The number of nitrogens with zero attached hydrogens (tertiary/aromatic N) is 2. The van der Waals surface area contributed by atoms with E-state index in [-0.39, 0.29) is 30.5 Å². The summed E-state index contributed by atoms with van der Waals surface area (Å²) in [6, 6.07) is 0. The number of carbonyl (C=O) groups excluding carboxylic acids is 3. The molecule has 1 N–H and O–H groups in total. The second-order valence-corrected chi connectivity index (χ2v) is 11.7. The van der Waals surface area contributed by atoms with Crippen LogP contribution in [0.3, 0.4) is 0 Å². The zero-order chi connectivity index (χ0) is 25.6. The number of ketones is 1. The number of aliphatic hydroxyl groups excluding tert-OH is 1. The molecule has 4 aliphatic rings. The van der Waals surface area contributed by atoms with Crippen LogP contribution in [0.15, 0.2) is 30.0 Å². The van der Waals surface area contributed by atoms with Gasteiger partial charge in [0.2, 0.25) is 5.12 Å². The highest BCUT2D eigenvalue weighted by molar-refractivity contribution is 7.96. The quantitative estimate of drug-likeness (QED) is 0.461. The van der Waals surface area contributed by atoms with Gasteiger partial charge in [-0.3, -0.25) is 9.59 Å². The third kappa shape index (κ3) is 2.94. The minimum Gasteiger partial charge on any atom is -0.444 e. The van der Waals surface area contributed by atoms with Gasteiger partial charge in [-0.05, 0) is 49.8 Å². The Morgan fingerprint density at radius 2 is 2.00 bits per heavy atom. The summed E-state index contributed by atoms with van der Waals surface area (Å²) in [6.07, 6.45) is 1.50. The summed E-state index contributed by atoms with van der Waals surface area (Å²) in [7, 11) is 0. The van der Waals surface area contributed by atoms with Gasteiger partial charge in [-0.15, -0.1) is 12.6 Å². The van der Waals surface area contributed by atoms with E-state index in [0.717, 1.165) is 17.8 Å². The van der Waals surface area contributed by atoms with Crippen LogP contribution in [-0.2, 0) is 14.3 Å². The number of allylic oxidation sites excluding steroid dienone is 4. The number of esters is 1. The number of hydrogen-bond acceptors (Lipinski definition) is 8. The molecule has 1 aromatic rings. The normalized spacial score (nSPS) is 46.3. The van der Waals surface area contributed by atoms with Crippen LogP contribution in [0.5, 0.6) is 0 Å². The van der Waals surface area contributed by atoms with Crippen molar-refractivity contribution in [3.63, 3.8) is 0 Å². The lowest BCUT2D eigenvalue weighted by Gasteiger charge is -2.63. The Kier molecular flexibility index (Phi) is 5.48. The predicted molar refractivity (Wildman–Crippen MR) is 125 cm³/mol. The molecule has 188 valence electrons. The van der Waals surface area contributed by atoms with Crippen LogP contribution < -0.4 is 0 Å². The number of thiol groups is 1. The molecule has 0 radical (unpaired) electrons. The lowest BCUT2D eigenvalue weighted by Crippen LogP contribution is -2.70. The molecular weight excluding hydrogens is 498 g/mol. The molecule has 1 heterocycles. The van der Waals surface area contributed by atoms with Crippen LogP contribution in [0, 0.1) is 28.6 Å². The van der Waals surface area contributed by atoms with E-state index in [2.05, 4.69) is 21.4 Å². The number of fused-ring (bicyclic) bond motifs is 5. The number of carbonyl (C=O) groups is 3. The number of rotatable bonds is 3. The molecule has 0 aliphatic heterocycles. The maximum atomic E-state index is 17.3. The first-order chi connectivity index (χ1) is 16.3. The van der Waals surface area contributed by atoms with Crippen LogP contribution in [0.4, 0.5) is 8.78 Å². The monoisotopic (exact) mass is 524 g/mol. The maximum Gasteiger partial charge on any atom is 0.360 e. The van der Waals surface area contributed by atoms with Crippen LogP contribution >= 0.6 is 24.4 Å². The lowest BCUT2D eigenvalue weighted by molar-refractivity contribution is -0.221. The molecule has 3 saturated carbocycles. The molecular formula is C24H26F2N2O5S2. The van der Waals surface area contributed by atoms with Gasteiger partial charge >= 0.3 is 5.97 Å². The fourth-order valence-corrected chi connectivity index (χ4v) is 8.62. The van der Waals surface area contributed by atoms with Gasteiger partial charge in [0.05, 0.1) is 24.0 Å². The van der Waals surface area contributed by atoms with Crippen molar-refractivity contribution in [3.05, 3.63) is 35.7 Å². The number of alkyl halides is 2. The van der Waals surface area contributed by atoms with Gasteiger partial charge < -0.3 is 9.84 Å². The largest absolute Gasteiger partial charge is 0.444 e. The number of hydrogen-bond donors (Lipinski definition) is 2. The number of aliphatic hydroxyl groups is 1. The SMILES string of the molecule is CC1C[C@H]2[C@@H]3CC(F)C4=CC(=O)C=C[C@]4(C)C3(F)C(O)C[C@]2(C)C1(OC(=O)c1cnsn1)C(=O)S. The lowest BCUT2D eigenvalue weighted by atomic mass is 9.44. The zero-order valence-electron chi connectivity index (χ0n) is 19.4. The van der Waals surface area contributed by atoms with Gasteiger partial charge in [-0.2, -0.15) is 8.75 Å². The Labute approximate surface area is 210 Å². The molecule has 35 heavy (non-hydrogen) atoms.